The Labute approximate surface area is 103 Å². The van der Waals surface area contributed by atoms with Crippen molar-refractivity contribution in [3.63, 3.8) is 0 Å². The van der Waals surface area contributed by atoms with Crippen LogP contribution >= 0.6 is 0 Å². The number of amides is 1. The van der Waals surface area contributed by atoms with E-state index in [-0.39, 0.29) is 11.8 Å². The second-order valence-electron chi connectivity index (χ2n) is 5.91. The van der Waals surface area contributed by atoms with E-state index < -0.39 is 17.7 Å². The number of ether oxygens (including phenoxy) is 1. The van der Waals surface area contributed by atoms with Crippen molar-refractivity contribution in [2.45, 2.75) is 53.1 Å². The van der Waals surface area contributed by atoms with Gasteiger partial charge < -0.3 is 15.2 Å². The van der Waals surface area contributed by atoms with E-state index in [2.05, 4.69) is 5.32 Å². The summed E-state index contributed by atoms with van der Waals surface area (Å²) >= 11 is 0. The lowest BCUT2D eigenvalue weighted by atomic mass is 9.88. The summed E-state index contributed by atoms with van der Waals surface area (Å²) in [6.07, 6.45) is 0.141. The van der Waals surface area contributed by atoms with Gasteiger partial charge in [-0.15, -0.1) is 0 Å². The Kier molecular flexibility index (Phi) is 5.45. The zero-order valence-electron chi connectivity index (χ0n) is 11.3. The zero-order valence-corrected chi connectivity index (χ0v) is 11.3. The van der Waals surface area contributed by atoms with Gasteiger partial charge in [-0.1, -0.05) is 13.8 Å². The molecule has 0 atom stereocenters. The first-order valence-electron chi connectivity index (χ1n) is 5.70. The quantitative estimate of drug-likeness (QED) is 0.779. The number of carboxylic acid groups (broad SMARTS) is 1. The van der Waals surface area contributed by atoms with Crippen molar-refractivity contribution in [3.8, 4) is 0 Å². The van der Waals surface area contributed by atoms with Crippen molar-refractivity contribution >= 4 is 12.1 Å². The molecule has 0 radical (unpaired) electrons. The number of hydrogen-bond donors (Lipinski definition) is 2. The maximum Gasteiger partial charge on any atom is 0.407 e. The molecule has 0 spiro atoms. The molecule has 0 aromatic heterocycles. The molecular weight excluding hydrogens is 222 g/mol. The molecule has 0 saturated heterocycles. The van der Waals surface area contributed by atoms with Crippen molar-refractivity contribution in [1.29, 1.82) is 0 Å². The van der Waals surface area contributed by atoms with Crippen LogP contribution in [-0.2, 0) is 9.53 Å². The SMILES string of the molecule is CC(C)(CCC(=O)O)CNC(=O)OC(C)(C)C. The van der Waals surface area contributed by atoms with Crippen molar-refractivity contribution in [3.05, 3.63) is 0 Å². The van der Waals surface area contributed by atoms with Crippen molar-refractivity contribution in [2.75, 3.05) is 6.54 Å². The summed E-state index contributed by atoms with van der Waals surface area (Å²) in [6.45, 7) is 9.60. The minimum absolute atomic E-state index is 0.100. The summed E-state index contributed by atoms with van der Waals surface area (Å²) in [4.78, 5) is 21.9. The summed E-state index contributed by atoms with van der Waals surface area (Å²) in [5, 5.41) is 11.2. The molecule has 17 heavy (non-hydrogen) atoms. The molecule has 0 aliphatic heterocycles. The summed E-state index contributed by atoms with van der Waals surface area (Å²) < 4.78 is 5.09. The van der Waals surface area contributed by atoms with Gasteiger partial charge in [-0.05, 0) is 32.6 Å². The number of nitrogens with one attached hydrogen (secondary N) is 1. The highest BCUT2D eigenvalue weighted by Gasteiger charge is 2.22. The lowest BCUT2D eigenvalue weighted by Crippen LogP contribution is -2.38. The first kappa shape index (κ1) is 15.7. The second-order valence-corrected chi connectivity index (χ2v) is 5.91. The van der Waals surface area contributed by atoms with E-state index in [1.165, 1.54) is 0 Å². The maximum absolute atomic E-state index is 11.4. The largest absolute Gasteiger partial charge is 0.481 e. The molecule has 100 valence electrons. The van der Waals surface area contributed by atoms with E-state index in [4.69, 9.17) is 9.84 Å². The predicted molar refractivity (Wildman–Crippen MR) is 64.9 cm³/mol. The number of rotatable bonds is 5. The van der Waals surface area contributed by atoms with Crippen LogP contribution in [0.2, 0.25) is 0 Å². The lowest BCUT2D eigenvalue weighted by molar-refractivity contribution is -0.137. The molecular formula is C12H23NO4. The Balaban J connectivity index is 4.00. The van der Waals surface area contributed by atoms with Crippen LogP contribution in [0.4, 0.5) is 4.79 Å². The van der Waals surface area contributed by atoms with Gasteiger partial charge in [-0.3, -0.25) is 4.79 Å². The van der Waals surface area contributed by atoms with Gasteiger partial charge in [0.2, 0.25) is 0 Å². The Morgan fingerprint density at radius 1 is 1.18 bits per heavy atom. The monoisotopic (exact) mass is 245 g/mol. The Morgan fingerprint density at radius 3 is 2.12 bits per heavy atom. The van der Waals surface area contributed by atoms with Crippen LogP contribution in [0.15, 0.2) is 0 Å². The van der Waals surface area contributed by atoms with E-state index in [1.54, 1.807) is 20.8 Å². The van der Waals surface area contributed by atoms with Crippen LogP contribution < -0.4 is 5.32 Å². The molecule has 5 nitrogen and oxygen atoms in total. The standard InChI is InChI=1S/C12H23NO4/c1-11(2,3)17-10(16)13-8-12(4,5)7-6-9(14)15/h6-8H2,1-5H3,(H,13,16)(H,14,15). The molecule has 0 aromatic carbocycles. The van der Waals surface area contributed by atoms with E-state index in [0.29, 0.717) is 13.0 Å². The number of hydrogen-bond acceptors (Lipinski definition) is 3. The van der Waals surface area contributed by atoms with Crippen LogP contribution in [0.1, 0.15) is 47.5 Å². The normalized spacial score (nSPS) is 12.1. The molecule has 0 saturated carbocycles. The van der Waals surface area contributed by atoms with Crippen LogP contribution in [0.5, 0.6) is 0 Å². The molecule has 0 fully saturated rings. The van der Waals surface area contributed by atoms with Gasteiger partial charge in [0.1, 0.15) is 5.60 Å². The van der Waals surface area contributed by atoms with Gasteiger partial charge in [0, 0.05) is 13.0 Å². The van der Waals surface area contributed by atoms with Gasteiger partial charge in [-0.25, -0.2) is 4.79 Å². The number of aliphatic carboxylic acids is 1. The fourth-order valence-electron chi connectivity index (χ4n) is 1.16. The number of carbonyl (C=O) groups is 2. The van der Waals surface area contributed by atoms with Crippen LogP contribution in [0.3, 0.4) is 0 Å². The van der Waals surface area contributed by atoms with E-state index in [0.717, 1.165) is 0 Å². The average Bonchev–Trinajstić information content (AvgIpc) is 2.09. The highest BCUT2D eigenvalue weighted by molar-refractivity contribution is 5.68. The summed E-state index contributed by atoms with van der Waals surface area (Å²) in [5.41, 5.74) is -0.773. The van der Waals surface area contributed by atoms with Crippen LogP contribution in [-0.4, -0.2) is 29.3 Å². The molecule has 0 aromatic rings. The Hall–Kier alpha value is -1.26. The highest BCUT2D eigenvalue weighted by atomic mass is 16.6. The second kappa shape index (κ2) is 5.89. The predicted octanol–water partition coefficient (Wildman–Crippen LogP) is 2.40. The van der Waals surface area contributed by atoms with Crippen molar-refractivity contribution in [2.24, 2.45) is 5.41 Å². The Bertz CT molecular complexity index is 279. The third-order valence-electron chi connectivity index (χ3n) is 2.13. The molecule has 0 bridgehead atoms. The third-order valence-corrected chi connectivity index (χ3v) is 2.13. The fourth-order valence-corrected chi connectivity index (χ4v) is 1.16. The van der Waals surface area contributed by atoms with E-state index in [1.807, 2.05) is 13.8 Å². The number of carbonyl (C=O) groups excluding carboxylic acids is 1. The number of carboxylic acids is 1. The van der Waals surface area contributed by atoms with Crippen LogP contribution in [0, 0.1) is 5.41 Å². The average molecular weight is 245 g/mol. The minimum Gasteiger partial charge on any atom is -0.481 e. The maximum atomic E-state index is 11.4. The topological polar surface area (TPSA) is 75.6 Å². The highest BCUT2D eigenvalue weighted by Crippen LogP contribution is 2.21. The van der Waals surface area contributed by atoms with Crippen molar-refractivity contribution in [1.82, 2.24) is 5.32 Å². The minimum atomic E-state index is -0.824. The first-order chi connectivity index (χ1) is 7.52. The summed E-state index contributed by atoms with van der Waals surface area (Å²) in [6, 6.07) is 0. The lowest BCUT2D eigenvalue weighted by Gasteiger charge is -2.26. The fraction of sp³-hybridized carbons (Fsp3) is 0.833. The first-order valence-corrected chi connectivity index (χ1v) is 5.70. The van der Waals surface area contributed by atoms with E-state index in [9.17, 15) is 9.59 Å². The van der Waals surface area contributed by atoms with Crippen molar-refractivity contribution < 1.29 is 19.4 Å². The molecule has 5 heteroatoms. The zero-order chi connectivity index (χ0) is 13.7. The van der Waals surface area contributed by atoms with Gasteiger partial charge in [0.05, 0.1) is 0 Å². The molecule has 1 amide bonds. The summed E-state index contributed by atoms with van der Waals surface area (Å²) in [7, 11) is 0. The summed E-state index contributed by atoms with van der Waals surface area (Å²) in [5.74, 6) is -0.824. The van der Waals surface area contributed by atoms with Crippen LogP contribution in [0.25, 0.3) is 0 Å². The Morgan fingerprint density at radius 2 is 1.71 bits per heavy atom. The molecule has 2 N–H and O–H groups in total. The van der Waals surface area contributed by atoms with Gasteiger partial charge in [-0.2, -0.15) is 0 Å². The van der Waals surface area contributed by atoms with Gasteiger partial charge >= 0.3 is 12.1 Å². The number of alkyl carbamates (subject to hydrolysis) is 1. The smallest absolute Gasteiger partial charge is 0.407 e. The molecule has 0 aliphatic carbocycles. The molecule has 0 heterocycles. The molecule has 0 rings (SSSR count). The molecule has 0 unspecified atom stereocenters. The third kappa shape index (κ3) is 9.66. The molecule has 0 aliphatic rings. The van der Waals surface area contributed by atoms with Gasteiger partial charge in [0.15, 0.2) is 0 Å². The van der Waals surface area contributed by atoms with E-state index >= 15 is 0 Å². The van der Waals surface area contributed by atoms with Gasteiger partial charge in [0.25, 0.3) is 0 Å².